The quantitative estimate of drug-likeness (QED) is 0.112. The molecule has 530 valence electrons. The fraction of sp³-hybridized carbons (Fsp3) is 0.0808. The van der Waals surface area contributed by atoms with Crippen LogP contribution in [0.3, 0.4) is 0 Å². The van der Waals surface area contributed by atoms with Gasteiger partial charge in [0.2, 0.25) is 0 Å². The Bertz CT molecular complexity index is 6240. The van der Waals surface area contributed by atoms with Gasteiger partial charge in [0.15, 0.2) is 11.6 Å². The molecule has 20 rings (SSSR count). The fourth-order valence-corrected chi connectivity index (χ4v) is 15.9. The van der Waals surface area contributed by atoms with Crippen molar-refractivity contribution in [1.82, 2.24) is 14.1 Å². The van der Waals surface area contributed by atoms with Crippen LogP contribution in [0.25, 0.3) is 111 Å². The second kappa shape index (κ2) is 29.6. The third-order valence-electron chi connectivity index (χ3n) is 21.6. The van der Waals surface area contributed by atoms with Crippen LogP contribution < -0.4 is 5.46 Å². The van der Waals surface area contributed by atoms with Gasteiger partial charge in [-0.05, 0) is 198 Å². The van der Waals surface area contributed by atoms with Crippen LogP contribution >= 0.6 is 27.5 Å². The number of carbonyl (C=O) groups is 2. The van der Waals surface area contributed by atoms with E-state index in [1.165, 1.54) is 65.9 Å². The van der Waals surface area contributed by atoms with Crippen LogP contribution in [0.4, 0.5) is 0 Å². The first-order chi connectivity index (χ1) is 53.2. The van der Waals surface area contributed by atoms with E-state index in [0.717, 1.165) is 112 Å². The minimum absolute atomic E-state index is 0. The molecular weight excluding hydrogens is 1420 g/mol. The van der Waals surface area contributed by atoms with E-state index < -0.39 is 0 Å². The molecule has 0 saturated carbocycles. The van der Waals surface area contributed by atoms with Crippen molar-refractivity contribution < 1.29 is 21.8 Å². The number of rotatable bonds is 8. The number of benzene rings is 14. The third kappa shape index (κ3) is 13.9. The Kier molecular flexibility index (Phi) is 19.0. The van der Waals surface area contributed by atoms with Gasteiger partial charge in [-0.15, -0.1) is 0 Å². The molecule has 17 aromatic rings. The van der Waals surface area contributed by atoms with Gasteiger partial charge in [0, 0.05) is 68.1 Å². The number of hydrogen-bond donors (Lipinski definition) is 0. The molecule has 1 fully saturated rings. The van der Waals surface area contributed by atoms with Crippen molar-refractivity contribution in [2.75, 3.05) is 0 Å². The number of pyridine rings is 1. The van der Waals surface area contributed by atoms with Gasteiger partial charge in [-0.25, -0.2) is 4.98 Å². The fourth-order valence-electron chi connectivity index (χ4n) is 15.3. The van der Waals surface area contributed by atoms with E-state index in [-0.39, 0.29) is 32.7 Å². The van der Waals surface area contributed by atoms with Crippen LogP contribution in [-0.2, 0) is 22.2 Å². The molecule has 0 radical (unpaired) electrons. The maximum atomic E-state index is 13.1. The van der Waals surface area contributed by atoms with Crippen LogP contribution in [-0.4, -0.2) is 44.0 Å². The zero-order chi connectivity index (χ0) is 74.3. The van der Waals surface area contributed by atoms with Crippen molar-refractivity contribution in [2.24, 2.45) is 0 Å². The van der Waals surface area contributed by atoms with Gasteiger partial charge in [-0.2, -0.15) is 0 Å². The molecule has 10 heteroatoms. The van der Waals surface area contributed by atoms with Gasteiger partial charge >= 0.3 is 7.12 Å². The SMILES string of the molecule is CC1(C)OB(c2ccc3c(c2)c2ccccc2n3-c2ccc(-c3ccccc3)cc2)OC1(C)C.Clc1cc(-c2ccccc2)cc(-c2ccccc2)n1.O=C1c2ccccc2Cc2cc(-c3ccc4c(c3)c3ccccc3n4-c3ccc(-c4ccccc4)cc3)ccc21.O=C1c2ccccc2Cc2cc(Br)ccc21.[HH].[HH]. The molecule has 0 N–H and O–H groups in total. The maximum Gasteiger partial charge on any atom is 0.494 e. The van der Waals surface area contributed by atoms with Gasteiger partial charge in [-0.1, -0.05) is 294 Å². The molecule has 7 nitrogen and oxygen atoms in total. The smallest absolute Gasteiger partial charge is 0.399 e. The van der Waals surface area contributed by atoms with E-state index in [1.807, 2.05) is 133 Å². The highest BCUT2D eigenvalue weighted by Gasteiger charge is 2.52. The Morgan fingerprint density at radius 1 is 0.339 bits per heavy atom. The number of para-hydroxylation sites is 2. The lowest BCUT2D eigenvalue weighted by atomic mass is 9.78. The van der Waals surface area contributed by atoms with Gasteiger partial charge in [0.25, 0.3) is 0 Å². The summed E-state index contributed by atoms with van der Waals surface area (Å²) in [6, 6.07) is 121. The lowest BCUT2D eigenvalue weighted by molar-refractivity contribution is 0.00578. The molecule has 0 atom stereocenters. The number of halogens is 2. The molecular formula is C99H78BBrClN3O4. The summed E-state index contributed by atoms with van der Waals surface area (Å²) >= 11 is 9.58. The number of nitrogens with zero attached hydrogens (tertiary/aromatic N) is 3. The van der Waals surface area contributed by atoms with Crippen molar-refractivity contribution >= 4 is 95.3 Å². The van der Waals surface area contributed by atoms with Crippen molar-refractivity contribution in [3.8, 4) is 67.1 Å². The van der Waals surface area contributed by atoms with Gasteiger partial charge in [-0.3, -0.25) is 9.59 Å². The van der Waals surface area contributed by atoms with Crippen LogP contribution in [0.2, 0.25) is 5.15 Å². The summed E-state index contributed by atoms with van der Waals surface area (Å²) in [6.45, 7) is 8.38. The van der Waals surface area contributed by atoms with E-state index in [2.05, 4.69) is 276 Å². The molecule has 1 saturated heterocycles. The van der Waals surface area contributed by atoms with Gasteiger partial charge < -0.3 is 18.4 Å². The predicted octanol–water partition coefficient (Wildman–Crippen LogP) is 25.1. The second-order valence-corrected chi connectivity index (χ2v) is 30.2. The molecule has 1 aliphatic heterocycles. The molecule has 3 aliphatic rings. The number of ketones is 2. The van der Waals surface area contributed by atoms with Crippen LogP contribution in [0.1, 0.15) is 84.6 Å². The molecule has 0 unspecified atom stereocenters. The molecule has 0 spiro atoms. The summed E-state index contributed by atoms with van der Waals surface area (Å²) in [7, 11) is -0.373. The Balaban J connectivity index is 0.000000124. The minimum Gasteiger partial charge on any atom is -0.399 e. The number of hydrogen-bond acceptors (Lipinski definition) is 5. The summed E-state index contributed by atoms with van der Waals surface area (Å²) in [5, 5.41) is 5.39. The van der Waals surface area contributed by atoms with Crippen molar-refractivity contribution in [3.05, 3.63) is 406 Å². The first-order valence-electron chi connectivity index (χ1n) is 36.9. The number of fused-ring (bicyclic) bond motifs is 10. The zero-order valence-corrected chi connectivity index (χ0v) is 63.1. The highest BCUT2D eigenvalue weighted by molar-refractivity contribution is 9.10. The molecule has 2 aliphatic carbocycles. The summed E-state index contributed by atoms with van der Waals surface area (Å²) in [6.07, 6.45) is 1.63. The van der Waals surface area contributed by atoms with Crippen LogP contribution in [0.15, 0.2) is 356 Å². The maximum absolute atomic E-state index is 13.1. The van der Waals surface area contributed by atoms with Gasteiger partial charge in [0.1, 0.15) is 5.15 Å². The summed E-state index contributed by atoms with van der Waals surface area (Å²) in [5.41, 5.74) is 26.5. The molecule has 14 aromatic carbocycles. The second-order valence-electron chi connectivity index (χ2n) is 28.9. The monoisotopic (exact) mass is 1500 g/mol. The first kappa shape index (κ1) is 69.9. The molecule has 109 heavy (non-hydrogen) atoms. The summed E-state index contributed by atoms with van der Waals surface area (Å²) < 4.78 is 18.4. The predicted molar refractivity (Wildman–Crippen MR) is 457 cm³/mol. The number of aromatic nitrogens is 3. The topological polar surface area (TPSA) is 75.3 Å². The van der Waals surface area contributed by atoms with Crippen molar-refractivity contribution in [1.29, 1.82) is 0 Å². The summed E-state index contributed by atoms with van der Waals surface area (Å²) in [5.74, 6) is 0.268. The average Bonchev–Trinajstić information content (AvgIpc) is 1.61. The summed E-state index contributed by atoms with van der Waals surface area (Å²) in [4.78, 5) is 29.7. The van der Waals surface area contributed by atoms with Crippen LogP contribution in [0, 0.1) is 0 Å². The molecule has 4 heterocycles. The first-order valence-corrected chi connectivity index (χ1v) is 38.0. The Hall–Kier alpha value is -12.1. The number of carbonyl (C=O) groups excluding carboxylic acids is 2. The zero-order valence-electron chi connectivity index (χ0n) is 60.7. The molecule has 3 aromatic heterocycles. The minimum atomic E-state index is -0.373. The Morgan fingerprint density at radius 3 is 1.24 bits per heavy atom. The Morgan fingerprint density at radius 2 is 0.716 bits per heavy atom. The normalized spacial score (nSPS) is 13.6. The molecule has 0 bridgehead atoms. The van der Waals surface area contributed by atoms with E-state index in [4.69, 9.17) is 20.9 Å². The van der Waals surface area contributed by atoms with E-state index in [0.29, 0.717) is 5.15 Å². The third-order valence-corrected chi connectivity index (χ3v) is 22.3. The average molecular weight is 1500 g/mol. The van der Waals surface area contributed by atoms with Gasteiger partial charge in [0.05, 0.1) is 39.0 Å². The lowest BCUT2D eigenvalue weighted by Gasteiger charge is -2.32. The highest BCUT2D eigenvalue weighted by Crippen LogP contribution is 2.41. The van der Waals surface area contributed by atoms with Crippen LogP contribution in [0.5, 0.6) is 0 Å². The lowest BCUT2D eigenvalue weighted by Crippen LogP contribution is -2.41. The van der Waals surface area contributed by atoms with E-state index in [1.54, 1.807) is 0 Å². The van der Waals surface area contributed by atoms with E-state index >= 15 is 0 Å². The highest BCUT2D eigenvalue weighted by atomic mass is 79.9. The standard InChI is InChI=1S/C38H25NO.C30H28BNO2.C17H12ClN.C14H9BrO.2H2/c40-38-32-11-5-4-10-29(32)23-30-22-27(16-20-33(30)38)28-17-21-37-35(24-28)34-12-6-7-13-36(34)39(37)31-18-14-26(15-19-31)25-8-2-1-3-9-25;1-29(2)30(3,4)34-31(33-29)23-16-19-28-26(20-23)25-12-8-9-13-27(25)32(28)24-17-14-22(15-18-24)21-10-6-5-7-11-21;18-17-12-15(13-7-3-1-4-8-13)11-16(19-17)14-9-5-2-6-10-14;15-11-5-6-13-10(8-11)7-9-3-1-2-4-12(9)14(13)16;;/h1-22,24H,23H2;5-20H,1-4H3;1-12H;1-6,8H,7H2;2*1H. The molecule has 0 amide bonds. The Labute approximate surface area is 651 Å². The largest absolute Gasteiger partial charge is 0.494 e. The van der Waals surface area contributed by atoms with E-state index in [9.17, 15) is 9.59 Å². The van der Waals surface area contributed by atoms with Crippen molar-refractivity contribution in [2.45, 2.75) is 51.7 Å². The van der Waals surface area contributed by atoms with Crippen molar-refractivity contribution in [3.63, 3.8) is 0 Å².